The Balaban J connectivity index is 1.15. The number of nitrogens with zero attached hydrogens (tertiary/aromatic N) is 4. The summed E-state index contributed by atoms with van der Waals surface area (Å²) in [4.78, 5) is 29.5. The van der Waals surface area contributed by atoms with Gasteiger partial charge in [0, 0.05) is 28.1 Å². The molecule has 1 amide bonds. The standard InChI is InChI=1S/C29H25ClFN5O6S/c1-2-39-18-8-15-7-16(30)9-19(26(15)32-14-18)27-36-21-10-20(31)24(11-25(21)43-27)41-22-3-4-23(22)42-29(38)35-17-12-33-28(34-13-17)40-6-5-37/h7-14,22-23,37H,2-6H2,1H3,(H,35,38). The maximum Gasteiger partial charge on any atom is 0.412 e. The Morgan fingerprint density at radius 1 is 1.09 bits per heavy atom. The van der Waals surface area contributed by atoms with Crippen molar-refractivity contribution in [2.75, 3.05) is 25.1 Å². The van der Waals surface area contributed by atoms with Crippen LogP contribution in [0.1, 0.15) is 19.8 Å². The van der Waals surface area contributed by atoms with Gasteiger partial charge < -0.3 is 24.1 Å². The molecule has 43 heavy (non-hydrogen) atoms. The highest BCUT2D eigenvalue weighted by molar-refractivity contribution is 7.21. The Kier molecular flexibility index (Phi) is 8.36. The number of ether oxygens (including phenoxy) is 4. The Morgan fingerprint density at radius 2 is 1.91 bits per heavy atom. The van der Waals surface area contributed by atoms with E-state index in [0.717, 1.165) is 10.9 Å². The summed E-state index contributed by atoms with van der Waals surface area (Å²) in [5.41, 5.74) is 2.20. The number of halogens is 2. The maximum absolute atomic E-state index is 15.1. The molecule has 0 radical (unpaired) electrons. The molecule has 222 valence electrons. The van der Waals surface area contributed by atoms with Crippen LogP contribution in [-0.4, -0.2) is 63.2 Å². The van der Waals surface area contributed by atoms with E-state index in [2.05, 4.69) is 25.3 Å². The van der Waals surface area contributed by atoms with Crippen LogP contribution < -0.4 is 19.5 Å². The number of hydrogen-bond donors (Lipinski definition) is 2. The zero-order valence-corrected chi connectivity index (χ0v) is 24.3. The SMILES string of the molecule is CCOc1cnc2c(-c3nc4cc(F)c(OC5CCC5OC(=O)Nc5cnc(OCCO)nc5)cc4s3)cc(Cl)cc2c1. The molecule has 1 saturated carbocycles. The summed E-state index contributed by atoms with van der Waals surface area (Å²) in [6, 6.07) is 8.47. The van der Waals surface area contributed by atoms with Gasteiger partial charge in [-0.05, 0) is 38.0 Å². The number of amides is 1. The number of carbonyl (C=O) groups is 1. The van der Waals surface area contributed by atoms with Crippen LogP contribution in [0.3, 0.4) is 0 Å². The Hall–Kier alpha value is -4.33. The number of anilines is 1. The molecular weight excluding hydrogens is 601 g/mol. The van der Waals surface area contributed by atoms with E-state index in [0.29, 0.717) is 56.6 Å². The lowest BCUT2D eigenvalue weighted by atomic mass is 9.92. The number of rotatable bonds is 10. The second-order valence-electron chi connectivity index (χ2n) is 9.53. The van der Waals surface area contributed by atoms with Crippen LogP contribution in [-0.2, 0) is 4.74 Å². The van der Waals surface area contributed by atoms with E-state index in [4.69, 9.17) is 35.7 Å². The second-order valence-corrected chi connectivity index (χ2v) is 11.0. The first kappa shape index (κ1) is 28.8. The fourth-order valence-electron chi connectivity index (χ4n) is 4.49. The van der Waals surface area contributed by atoms with Crippen molar-refractivity contribution in [3.05, 3.63) is 59.8 Å². The largest absolute Gasteiger partial charge is 0.492 e. The molecule has 2 N–H and O–H groups in total. The topological polar surface area (TPSA) is 138 Å². The minimum atomic E-state index is -0.718. The zero-order valence-electron chi connectivity index (χ0n) is 22.8. The number of aliphatic hydroxyl groups excluding tert-OH is 1. The van der Waals surface area contributed by atoms with Crippen molar-refractivity contribution in [1.29, 1.82) is 0 Å². The molecular formula is C29H25ClFN5O6S. The van der Waals surface area contributed by atoms with Gasteiger partial charge in [0.2, 0.25) is 0 Å². The predicted octanol–water partition coefficient (Wildman–Crippen LogP) is 6.02. The summed E-state index contributed by atoms with van der Waals surface area (Å²) >= 11 is 7.78. The number of carbonyl (C=O) groups excluding carboxylic acids is 1. The molecule has 0 aliphatic heterocycles. The highest BCUT2D eigenvalue weighted by atomic mass is 35.5. The van der Waals surface area contributed by atoms with E-state index in [1.54, 1.807) is 18.3 Å². The van der Waals surface area contributed by atoms with E-state index in [9.17, 15) is 4.79 Å². The van der Waals surface area contributed by atoms with E-state index < -0.39 is 24.1 Å². The predicted molar refractivity (Wildman–Crippen MR) is 159 cm³/mol. The van der Waals surface area contributed by atoms with Crippen LogP contribution in [0, 0.1) is 5.82 Å². The molecule has 3 heterocycles. The summed E-state index contributed by atoms with van der Waals surface area (Å²) in [6.45, 7) is 2.30. The molecule has 1 fully saturated rings. The number of pyridine rings is 1. The van der Waals surface area contributed by atoms with E-state index in [-0.39, 0.29) is 25.0 Å². The highest BCUT2D eigenvalue weighted by Gasteiger charge is 2.37. The lowest BCUT2D eigenvalue weighted by molar-refractivity contribution is -0.0431. The van der Waals surface area contributed by atoms with Gasteiger partial charge in [0.15, 0.2) is 11.6 Å². The van der Waals surface area contributed by atoms with Gasteiger partial charge in [-0.3, -0.25) is 10.3 Å². The van der Waals surface area contributed by atoms with Crippen molar-refractivity contribution < 1.29 is 33.2 Å². The van der Waals surface area contributed by atoms with Crippen LogP contribution in [0.15, 0.2) is 48.9 Å². The fourth-order valence-corrected chi connectivity index (χ4v) is 5.71. The summed E-state index contributed by atoms with van der Waals surface area (Å²) in [5, 5.41) is 13.3. The third-order valence-corrected chi connectivity index (χ3v) is 7.86. The molecule has 2 aromatic carbocycles. The van der Waals surface area contributed by atoms with Crippen LogP contribution >= 0.6 is 22.9 Å². The maximum atomic E-state index is 15.1. The number of aliphatic hydroxyl groups is 1. The summed E-state index contributed by atoms with van der Waals surface area (Å²) < 4.78 is 37.9. The summed E-state index contributed by atoms with van der Waals surface area (Å²) in [7, 11) is 0. The first-order valence-corrected chi connectivity index (χ1v) is 14.6. The van der Waals surface area contributed by atoms with Crippen LogP contribution in [0.4, 0.5) is 14.9 Å². The molecule has 3 aromatic heterocycles. The fraction of sp³-hybridized carbons (Fsp3) is 0.276. The van der Waals surface area contributed by atoms with Gasteiger partial charge in [-0.2, -0.15) is 0 Å². The van der Waals surface area contributed by atoms with Gasteiger partial charge in [0.25, 0.3) is 0 Å². The molecule has 6 rings (SSSR count). The monoisotopic (exact) mass is 625 g/mol. The molecule has 5 aromatic rings. The Labute approximate surface area is 253 Å². The van der Waals surface area contributed by atoms with Crippen LogP contribution in [0.25, 0.3) is 31.7 Å². The molecule has 2 atom stereocenters. The molecule has 2 unspecified atom stereocenters. The summed E-state index contributed by atoms with van der Waals surface area (Å²) in [6.07, 6.45) is 3.71. The highest BCUT2D eigenvalue weighted by Crippen LogP contribution is 2.39. The van der Waals surface area contributed by atoms with Crippen molar-refractivity contribution in [2.24, 2.45) is 0 Å². The first-order chi connectivity index (χ1) is 20.9. The van der Waals surface area contributed by atoms with Crippen molar-refractivity contribution in [1.82, 2.24) is 19.9 Å². The molecule has 0 bridgehead atoms. The summed E-state index contributed by atoms with van der Waals surface area (Å²) in [5.74, 6) is 0.111. The van der Waals surface area contributed by atoms with Gasteiger partial charge >= 0.3 is 12.1 Å². The minimum Gasteiger partial charge on any atom is -0.492 e. The van der Waals surface area contributed by atoms with E-state index in [1.165, 1.54) is 29.8 Å². The van der Waals surface area contributed by atoms with Gasteiger partial charge in [-0.25, -0.2) is 24.1 Å². The molecule has 11 nitrogen and oxygen atoms in total. The quantitative estimate of drug-likeness (QED) is 0.189. The van der Waals surface area contributed by atoms with Crippen molar-refractivity contribution in [3.8, 4) is 28.1 Å². The number of aromatic nitrogens is 4. The average Bonchev–Trinajstić information content (AvgIpc) is 3.39. The lowest BCUT2D eigenvalue weighted by Crippen LogP contribution is -2.45. The first-order valence-electron chi connectivity index (χ1n) is 13.4. The second kappa shape index (κ2) is 12.5. The molecule has 14 heteroatoms. The van der Waals surface area contributed by atoms with Gasteiger partial charge in [0.1, 0.15) is 29.6 Å². The van der Waals surface area contributed by atoms with Crippen molar-refractivity contribution in [2.45, 2.75) is 32.0 Å². The van der Waals surface area contributed by atoms with Gasteiger partial charge in [-0.15, -0.1) is 11.3 Å². The average molecular weight is 626 g/mol. The van der Waals surface area contributed by atoms with Crippen molar-refractivity contribution in [3.63, 3.8) is 0 Å². The zero-order chi connectivity index (χ0) is 29.9. The number of fused-ring (bicyclic) bond motifs is 2. The van der Waals surface area contributed by atoms with E-state index >= 15 is 4.39 Å². The Morgan fingerprint density at radius 3 is 2.65 bits per heavy atom. The molecule has 1 aliphatic carbocycles. The number of nitrogens with one attached hydrogen (secondary N) is 1. The number of hydrogen-bond acceptors (Lipinski definition) is 11. The molecule has 0 spiro atoms. The van der Waals surface area contributed by atoms with Crippen molar-refractivity contribution >= 4 is 55.8 Å². The molecule has 0 saturated heterocycles. The van der Waals surface area contributed by atoms with Gasteiger partial charge in [-0.1, -0.05) is 11.6 Å². The third-order valence-electron chi connectivity index (χ3n) is 6.59. The van der Waals surface area contributed by atoms with Crippen LogP contribution in [0.2, 0.25) is 5.02 Å². The molecule has 1 aliphatic rings. The third kappa shape index (κ3) is 6.38. The lowest BCUT2D eigenvalue weighted by Gasteiger charge is -2.35. The Bertz CT molecular complexity index is 1790. The normalized spacial score (nSPS) is 16.1. The van der Waals surface area contributed by atoms with Gasteiger partial charge in [0.05, 0.1) is 53.2 Å². The van der Waals surface area contributed by atoms with E-state index in [1.807, 2.05) is 19.1 Å². The van der Waals surface area contributed by atoms with Crippen LogP contribution in [0.5, 0.6) is 17.5 Å². The minimum absolute atomic E-state index is 0.0451. The number of thiazole rings is 1. The smallest absolute Gasteiger partial charge is 0.412 e. The number of benzene rings is 2.